The fourth-order valence-electron chi connectivity index (χ4n) is 3.47. The van der Waals surface area contributed by atoms with E-state index in [1.54, 1.807) is 6.07 Å². The molecule has 3 nitrogen and oxygen atoms in total. The molecule has 1 aromatic heterocycles. The summed E-state index contributed by atoms with van der Waals surface area (Å²) in [5.41, 5.74) is 1.60. The number of ketones is 1. The van der Waals surface area contributed by atoms with Crippen LogP contribution < -0.4 is 5.63 Å². The predicted molar refractivity (Wildman–Crippen MR) is 112 cm³/mol. The quantitative estimate of drug-likeness (QED) is 0.428. The first-order chi connectivity index (χ1) is 13.7. The third kappa shape index (κ3) is 3.39. The lowest BCUT2D eigenvalue weighted by atomic mass is 9.95. The number of hydrogen-bond acceptors (Lipinski definition) is 3. The lowest BCUT2D eigenvalue weighted by Crippen LogP contribution is -2.18. The molecule has 4 aromatic rings. The van der Waals surface area contributed by atoms with Crippen LogP contribution in [0.5, 0.6) is 0 Å². The summed E-state index contributed by atoms with van der Waals surface area (Å²) in [5, 5.41) is 2.02. The van der Waals surface area contributed by atoms with E-state index in [9.17, 15) is 9.59 Å². The van der Waals surface area contributed by atoms with Crippen molar-refractivity contribution in [2.75, 3.05) is 0 Å². The third-order valence-electron chi connectivity index (χ3n) is 4.85. The Morgan fingerprint density at radius 1 is 0.857 bits per heavy atom. The van der Waals surface area contributed by atoms with Gasteiger partial charge in [0.15, 0.2) is 0 Å². The van der Waals surface area contributed by atoms with Gasteiger partial charge in [-0.15, -0.1) is 0 Å². The van der Waals surface area contributed by atoms with Crippen molar-refractivity contribution in [3.63, 3.8) is 0 Å². The van der Waals surface area contributed by atoms with Gasteiger partial charge in [-0.3, -0.25) is 4.79 Å². The van der Waals surface area contributed by atoms with E-state index in [1.165, 1.54) is 0 Å². The molecule has 0 radical (unpaired) electrons. The molecule has 0 unspecified atom stereocenters. The van der Waals surface area contributed by atoms with Crippen LogP contribution in [-0.4, -0.2) is 5.78 Å². The summed E-state index contributed by atoms with van der Waals surface area (Å²) in [7, 11) is 0. The molecule has 4 rings (SSSR count). The molecule has 0 N–H and O–H groups in total. The Balaban J connectivity index is 1.83. The van der Waals surface area contributed by atoms with Gasteiger partial charge in [0.2, 0.25) is 5.78 Å². The molecule has 138 valence electrons. The zero-order valence-electron chi connectivity index (χ0n) is 15.6. The summed E-state index contributed by atoms with van der Waals surface area (Å²) >= 11 is 0. The van der Waals surface area contributed by atoms with Gasteiger partial charge in [0, 0.05) is 11.1 Å². The topological polar surface area (TPSA) is 47.3 Å². The van der Waals surface area contributed by atoms with Gasteiger partial charge in [0.05, 0.1) is 0 Å². The molecule has 3 aromatic carbocycles. The molecule has 28 heavy (non-hydrogen) atoms. The number of benzene rings is 3. The standard InChI is InChI=1S/C25H20O3/c1-2-8-20-16-22(18-10-4-3-5-11-18)28-25(27)23(20)24(26)21-14-13-17-9-6-7-12-19(17)15-21/h3-7,9-16H,2,8H2,1H3. The molecule has 0 aliphatic heterocycles. The maximum atomic E-state index is 13.2. The summed E-state index contributed by atoms with van der Waals surface area (Å²) < 4.78 is 5.54. The summed E-state index contributed by atoms with van der Waals surface area (Å²) in [5.74, 6) is 0.201. The van der Waals surface area contributed by atoms with Crippen LogP contribution in [0.2, 0.25) is 0 Å². The Hall–Kier alpha value is -3.46. The molecule has 0 atom stereocenters. The SMILES string of the molecule is CCCc1cc(-c2ccccc2)oc(=O)c1C(=O)c1ccc2ccccc2c1. The average molecular weight is 368 g/mol. The van der Waals surface area contributed by atoms with E-state index in [4.69, 9.17) is 4.42 Å². The van der Waals surface area contributed by atoms with E-state index >= 15 is 0 Å². The number of carbonyl (C=O) groups is 1. The molecule has 0 saturated carbocycles. The van der Waals surface area contributed by atoms with E-state index in [-0.39, 0.29) is 11.3 Å². The second-order valence-corrected chi connectivity index (χ2v) is 6.81. The van der Waals surface area contributed by atoms with Crippen LogP contribution >= 0.6 is 0 Å². The molecule has 1 heterocycles. The molecule has 3 heteroatoms. The molecule has 0 bridgehead atoms. The zero-order valence-corrected chi connectivity index (χ0v) is 15.6. The molecule has 0 spiro atoms. The van der Waals surface area contributed by atoms with E-state index in [1.807, 2.05) is 79.7 Å². The Morgan fingerprint density at radius 2 is 1.57 bits per heavy atom. The Kier molecular flexibility index (Phi) is 4.90. The van der Waals surface area contributed by atoms with Gasteiger partial charge >= 0.3 is 5.63 Å². The number of fused-ring (bicyclic) bond motifs is 1. The van der Waals surface area contributed by atoms with Crippen molar-refractivity contribution in [1.29, 1.82) is 0 Å². The second-order valence-electron chi connectivity index (χ2n) is 6.81. The van der Waals surface area contributed by atoms with Crippen LogP contribution in [0, 0.1) is 0 Å². The maximum Gasteiger partial charge on any atom is 0.347 e. The van der Waals surface area contributed by atoms with Crippen molar-refractivity contribution < 1.29 is 9.21 Å². The van der Waals surface area contributed by atoms with Gasteiger partial charge in [-0.25, -0.2) is 4.79 Å². The van der Waals surface area contributed by atoms with Crippen molar-refractivity contribution in [3.8, 4) is 11.3 Å². The highest BCUT2D eigenvalue weighted by atomic mass is 16.4. The molecule has 0 fully saturated rings. The van der Waals surface area contributed by atoms with Crippen molar-refractivity contribution in [1.82, 2.24) is 0 Å². The predicted octanol–water partition coefficient (Wildman–Crippen LogP) is 5.64. The highest BCUT2D eigenvalue weighted by molar-refractivity contribution is 6.11. The van der Waals surface area contributed by atoms with Crippen molar-refractivity contribution in [2.45, 2.75) is 19.8 Å². The monoisotopic (exact) mass is 368 g/mol. The first-order valence-electron chi connectivity index (χ1n) is 9.43. The largest absolute Gasteiger partial charge is 0.422 e. The Morgan fingerprint density at radius 3 is 2.32 bits per heavy atom. The van der Waals surface area contributed by atoms with Crippen molar-refractivity contribution in [3.05, 3.63) is 106 Å². The van der Waals surface area contributed by atoms with Gasteiger partial charge in [0.1, 0.15) is 11.3 Å². The first-order valence-corrected chi connectivity index (χ1v) is 9.43. The molecule has 0 aliphatic rings. The van der Waals surface area contributed by atoms with Crippen LogP contribution in [0.3, 0.4) is 0 Å². The minimum atomic E-state index is -0.581. The van der Waals surface area contributed by atoms with Gasteiger partial charge in [-0.05, 0) is 34.9 Å². The fourth-order valence-corrected chi connectivity index (χ4v) is 3.47. The summed E-state index contributed by atoms with van der Waals surface area (Å²) in [6.07, 6.45) is 1.47. The Bertz CT molecular complexity index is 1200. The second kappa shape index (κ2) is 7.65. The lowest BCUT2D eigenvalue weighted by molar-refractivity contribution is 0.103. The average Bonchev–Trinajstić information content (AvgIpc) is 2.73. The van der Waals surface area contributed by atoms with E-state index in [2.05, 4.69) is 0 Å². The number of aryl methyl sites for hydroxylation is 1. The van der Waals surface area contributed by atoms with E-state index in [0.717, 1.165) is 28.3 Å². The smallest absolute Gasteiger partial charge is 0.347 e. The van der Waals surface area contributed by atoms with Crippen molar-refractivity contribution in [2.24, 2.45) is 0 Å². The first kappa shape index (κ1) is 17.9. The third-order valence-corrected chi connectivity index (χ3v) is 4.85. The Labute approximate surface area is 163 Å². The van der Waals surface area contributed by atoms with Crippen LogP contribution in [0.25, 0.3) is 22.1 Å². The van der Waals surface area contributed by atoms with Crippen LogP contribution in [0.15, 0.2) is 88.1 Å². The van der Waals surface area contributed by atoms with Crippen molar-refractivity contribution >= 4 is 16.6 Å². The van der Waals surface area contributed by atoms with Crippen LogP contribution in [-0.2, 0) is 6.42 Å². The normalized spacial score (nSPS) is 10.9. The summed E-state index contributed by atoms with van der Waals surface area (Å²) in [6, 6.07) is 24.6. The zero-order chi connectivity index (χ0) is 19.5. The number of rotatable bonds is 5. The molecular weight excluding hydrogens is 348 g/mol. The number of carbonyl (C=O) groups excluding carboxylic acids is 1. The van der Waals surface area contributed by atoms with Crippen LogP contribution in [0.4, 0.5) is 0 Å². The minimum Gasteiger partial charge on any atom is -0.422 e. The van der Waals surface area contributed by atoms with Gasteiger partial charge < -0.3 is 4.42 Å². The molecule has 0 saturated heterocycles. The minimum absolute atomic E-state index is 0.136. The lowest BCUT2D eigenvalue weighted by Gasteiger charge is -2.10. The molecule has 0 aliphatic carbocycles. The maximum absolute atomic E-state index is 13.2. The highest BCUT2D eigenvalue weighted by Gasteiger charge is 2.21. The van der Waals surface area contributed by atoms with Gasteiger partial charge in [0.25, 0.3) is 0 Å². The fraction of sp³-hybridized carbons (Fsp3) is 0.120. The summed E-state index contributed by atoms with van der Waals surface area (Å²) in [4.78, 5) is 26.0. The summed E-state index contributed by atoms with van der Waals surface area (Å²) in [6.45, 7) is 2.03. The van der Waals surface area contributed by atoms with Gasteiger partial charge in [-0.2, -0.15) is 0 Å². The number of hydrogen-bond donors (Lipinski definition) is 0. The van der Waals surface area contributed by atoms with E-state index in [0.29, 0.717) is 17.7 Å². The highest BCUT2D eigenvalue weighted by Crippen LogP contribution is 2.24. The molecular formula is C25H20O3. The van der Waals surface area contributed by atoms with Gasteiger partial charge in [-0.1, -0.05) is 80.1 Å². The van der Waals surface area contributed by atoms with Crippen LogP contribution in [0.1, 0.15) is 34.8 Å². The molecule has 0 amide bonds. The van der Waals surface area contributed by atoms with E-state index < -0.39 is 5.63 Å².